The molecule has 0 aromatic rings. The van der Waals surface area contributed by atoms with Crippen LogP contribution in [0.4, 0.5) is 0 Å². The Morgan fingerprint density at radius 2 is 0.373 bits per heavy atom. The second-order valence-corrected chi connectivity index (χ2v) is 25.0. The molecule has 0 heterocycles. The Hall–Kier alpha value is 0. The topological polar surface area (TPSA) is 0 Å². The van der Waals surface area contributed by atoms with E-state index in [0.29, 0.717) is 0 Å². The third kappa shape index (κ3) is 41.6. The average Bonchev–Trinajstić information content (AvgIpc) is 1.71. The molecule has 0 aromatic carbocycles. The van der Waals surface area contributed by atoms with E-state index in [4.69, 9.17) is 20.6 Å². The summed E-state index contributed by atoms with van der Waals surface area (Å²) in [7, 11) is 0. The van der Waals surface area contributed by atoms with E-state index in [0.717, 1.165) is 212 Å². The predicted octanol–water partition coefficient (Wildman–Crippen LogP) is 27.5. The maximum absolute atomic E-state index is 8.22. The highest BCUT2D eigenvalue weighted by atomic mass is 14.2. The molecule has 0 bridgehead atoms. The van der Waals surface area contributed by atoms with Crippen molar-refractivity contribution >= 4 is 0 Å². The van der Waals surface area contributed by atoms with E-state index in [1.165, 1.54) is 96.3 Å². The zero-order chi connectivity index (χ0) is 68.7. The van der Waals surface area contributed by atoms with Crippen LogP contribution in [0.25, 0.3) is 0 Å². The van der Waals surface area contributed by atoms with Gasteiger partial charge in [-0.25, -0.2) is 0 Å². The summed E-state index contributed by atoms with van der Waals surface area (Å²) < 4.78 is 117. The molecule has 9 saturated carbocycles. The summed E-state index contributed by atoms with van der Waals surface area (Å²) in [6, 6.07) is 0. The van der Waals surface area contributed by atoms with Gasteiger partial charge in [-0.05, 0) is 70.7 Å². The molecule has 75 heavy (non-hydrogen) atoms. The molecule has 450 valence electrons. The van der Waals surface area contributed by atoms with Crippen molar-refractivity contribution in [3.05, 3.63) is 0 Å². The molecule has 0 amide bonds. The van der Waals surface area contributed by atoms with Crippen molar-refractivity contribution in [2.75, 3.05) is 0 Å². The molecule has 3 unspecified atom stereocenters. The third-order valence-electron chi connectivity index (χ3n) is 18.4. The van der Waals surface area contributed by atoms with Crippen molar-refractivity contribution in [1.29, 1.82) is 0 Å². The fourth-order valence-electron chi connectivity index (χ4n) is 12.5. The normalized spacial score (nSPS) is 31.8. The highest BCUT2D eigenvalue weighted by Crippen LogP contribution is 2.33. The van der Waals surface area contributed by atoms with Gasteiger partial charge in [0.2, 0.25) is 0 Å². The van der Waals surface area contributed by atoms with Gasteiger partial charge in [0.15, 0.2) is 0 Å². The summed E-state index contributed by atoms with van der Waals surface area (Å²) in [6.45, 7) is 23.1. The molecule has 0 saturated heterocycles. The number of hydrogen-bond donors (Lipinski definition) is 0. The zero-order valence-corrected chi connectivity index (χ0v) is 53.7. The smallest absolute Gasteiger partial charge is 0.0305 e. The molecule has 0 heteroatoms. The molecule has 0 N–H and O–H groups in total. The Balaban J connectivity index is 0.000000507. The standard InChI is InChI=1S/C10H20.3C9H18.3C8H16.2C7H14/c1-9(2)10-7-5-3-4-6-8-10;1-8(2)9-6-4-3-5-7-9;2*1-2-9-7-5-3-4-6-8-9;1-7(2)8-5-3-4-6-8;2*1-2-8-6-4-3-5-7-8;2*1-2-7-5-3-4-6-7/h9-10H,3-8H2,1-2H3;8-9H,3-7H2,1-2H3;2*9H,2-8H2,1H3;7-8H,3-6H2,1-2H3;2*8H,2-7H2,1H3;2*7H,2-6H2,1H3/i9D,10D;8D,9D;2D,9D;9D;7D,8D;2D,8D;8D;2D,7D;7D. The highest BCUT2D eigenvalue weighted by molar-refractivity contribution is 4.71. The van der Waals surface area contributed by atoms with E-state index in [9.17, 15) is 0 Å². The van der Waals surface area contributed by atoms with E-state index < -0.39 is 47.2 Å². The van der Waals surface area contributed by atoms with Crippen LogP contribution in [0, 0.1) is 70.7 Å². The summed E-state index contributed by atoms with van der Waals surface area (Å²) in [5.41, 5.74) is 0. The minimum atomic E-state index is -0.586. The fraction of sp³-hybridized carbons (Fsp3) is 1.00. The molecule has 9 rings (SSSR count). The largest absolute Gasteiger partial charge is 0.0651 e. The van der Waals surface area contributed by atoms with Gasteiger partial charge in [-0.1, -0.05) is 410 Å². The second kappa shape index (κ2) is 52.1. The SMILES string of the molecule is [2H]C(C)(C)C1([2H])CCCC1.[2H]C(C)(C)C1([2H])CCCCC1.[2H]C(C)(C)C1([2H])CCCCCC1.[2H]C(C)C1([2H])CCCC1.[2H]C(C)C1([2H])CCCCC1.[2H]C(C)C1([2H])CCCCCC1.[2H]C1(CC)CCCC1.[2H]C1(CC)CCCCC1.[2H]C1(CC)CCCCCC1. The van der Waals surface area contributed by atoms with Crippen LogP contribution in [0.15, 0.2) is 0 Å². The van der Waals surface area contributed by atoms with Gasteiger partial charge in [0.25, 0.3) is 0 Å². The van der Waals surface area contributed by atoms with Crippen molar-refractivity contribution in [3.8, 4) is 0 Å². The first-order chi connectivity index (χ1) is 41.6. The first-order valence-electron chi connectivity index (χ1n) is 41.6. The molecule has 0 radical (unpaired) electrons. The van der Waals surface area contributed by atoms with Crippen LogP contribution in [0.3, 0.4) is 0 Å². The molecular formula is C75H150. The van der Waals surface area contributed by atoms with Crippen molar-refractivity contribution in [2.24, 2.45) is 70.7 Å². The van der Waals surface area contributed by atoms with Gasteiger partial charge in [-0.15, -0.1) is 0 Å². The van der Waals surface area contributed by atoms with E-state index in [-0.39, 0.29) is 42.8 Å². The lowest BCUT2D eigenvalue weighted by Crippen LogP contribution is -2.12. The maximum atomic E-state index is 8.22. The molecule has 9 aliphatic carbocycles. The number of rotatable bonds is 9. The predicted molar refractivity (Wildman–Crippen MR) is 345 cm³/mol. The second-order valence-electron chi connectivity index (χ2n) is 25.0. The Morgan fingerprint density at radius 1 is 0.240 bits per heavy atom. The van der Waals surface area contributed by atoms with Crippen LogP contribution in [-0.4, -0.2) is 0 Å². The summed E-state index contributed by atoms with van der Waals surface area (Å²) in [5, 5.41) is 0. The van der Waals surface area contributed by atoms with E-state index in [1.54, 1.807) is 0 Å². The lowest BCUT2D eigenvalue weighted by molar-refractivity contribution is 0.279. The number of hydrogen-bond acceptors (Lipinski definition) is 0. The quantitative estimate of drug-likeness (QED) is 0.202. The third-order valence-corrected chi connectivity index (χ3v) is 18.4. The Morgan fingerprint density at radius 3 is 0.533 bits per heavy atom. The van der Waals surface area contributed by atoms with Crippen LogP contribution >= 0.6 is 0 Å². The molecule has 0 aliphatic heterocycles. The zero-order valence-electron chi connectivity index (χ0n) is 68.7. The monoisotopic (exact) mass is 1070 g/mol. The van der Waals surface area contributed by atoms with Crippen LogP contribution in [0.5, 0.6) is 0 Å². The van der Waals surface area contributed by atoms with Gasteiger partial charge >= 0.3 is 0 Å². The van der Waals surface area contributed by atoms with E-state index >= 15 is 0 Å². The molecule has 0 aromatic heterocycles. The highest BCUT2D eigenvalue weighted by Gasteiger charge is 2.19. The first-order valence-corrected chi connectivity index (χ1v) is 33.9. The van der Waals surface area contributed by atoms with Gasteiger partial charge in [0.05, 0.1) is 0 Å². The van der Waals surface area contributed by atoms with Gasteiger partial charge < -0.3 is 0 Å². The lowest BCUT2D eigenvalue weighted by atomic mass is 9.82. The van der Waals surface area contributed by atoms with Gasteiger partial charge in [-0.2, -0.15) is 0 Å². The van der Waals surface area contributed by atoms with E-state index in [2.05, 4.69) is 20.8 Å². The van der Waals surface area contributed by atoms with Crippen LogP contribution in [0.2, 0.25) is 0 Å². The maximum Gasteiger partial charge on any atom is 0.0305 e. The molecule has 9 fully saturated rings. The summed E-state index contributed by atoms with van der Waals surface area (Å²) >= 11 is 0. The van der Waals surface area contributed by atoms with Gasteiger partial charge in [0, 0.05) is 20.6 Å². The Kier molecular flexibility index (Phi) is 35.2. The summed E-state index contributed by atoms with van der Waals surface area (Å²) in [5.74, 6) is -4.43. The van der Waals surface area contributed by atoms with Gasteiger partial charge in [0.1, 0.15) is 0 Å². The van der Waals surface area contributed by atoms with Crippen molar-refractivity contribution < 1.29 is 20.6 Å². The van der Waals surface area contributed by atoms with Crippen LogP contribution < -0.4 is 0 Å². The van der Waals surface area contributed by atoms with Gasteiger partial charge in [-0.3, -0.25) is 0 Å². The molecule has 0 nitrogen and oxygen atoms in total. The molecule has 0 spiro atoms. The van der Waals surface area contributed by atoms with E-state index in [1.807, 2.05) is 62.3 Å². The fourth-order valence-corrected chi connectivity index (χ4v) is 12.5. The average molecular weight is 1070 g/mol. The molecule has 3 atom stereocenters. The summed E-state index contributed by atoms with van der Waals surface area (Å²) in [4.78, 5) is 0. The lowest BCUT2D eigenvalue weighted by Gasteiger charge is -2.24. The Labute approximate surface area is 500 Å². The minimum absolute atomic E-state index is 0.0139. The van der Waals surface area contributed by atoms with Crippen LogP contribution in [0.1, 0.15) is 431 Å². The minimum Gasteiger partial charge on any atom is -0.0651 e. The van der Waals surface area contributed by atoms with Crippen molar-refractivity contribution in [1.82, 2.24) is 0 Å². The molecular weight excluding hydrogens is 901 g/mol. The van der Waals surface area contributed by atoms with Crippen molar-refractivity contribution in [3.63, 3.8) is 0 Å². The summed E-state index contributed by atoms with van der Waals surface area (Å²) in [6.07, 6.45) is 53.8. The first kappa shape index (κ1) is 50.7. The Bertz CT molecular complexity index is 1750. The van der Waals surface area contributed by atoms with Crippen molar-refractivity contribution in [2.45, 2.75) is 410 Å². The molecule has 9 aliphatic rings. The van der Waals surface area contributed by atoms with Crippen LogP contribution in [-0.2, 0) is 0 Å².